The highest BCUT2D eigenvalue weighted by atomic mass is 32.1. The molecule has 0 spiro atoms. The van der Waals surface area contributed by atoms with E-state index in [2.05, 4.69) is 15.4 Å². The van der Waals surface area contributed by atoms with Crippen molar-refractivity contribution in [3.8, 4) is 17.1 Å². The van der Waals surface area contributed by atoms with Crippen LogP contribution in [0.3, 0.4) is 0 Å². The fraction of sp³-hybridized carbons (Fsp3) is 0.150. The quantitative estimate of drug-likeness (QED) is 0.567. The smallest absolute Gasteiger partial charge is 0.255 e. The topological polar surface area (TPSA) is 73.0 Å². The number of aromatic nitrogens is 3. The van der Waals surface area contributed by atoms with E-state index in [-0.39, 0.29) is 5.91 Å². The number of nitrogens with one attached hydrogen (secondary N) is 1. The van der Waals surface area contributed by atoms with Crippen molar-refractivity contribution in [1.82, 2.24) is 20.1 Å². The molecule has 0 atom stereocenters. The Morgan fingerprint density at radius 2 is 2.00 bits per heavy atom. The number of thiazole rings is 1. The Morgan fingerprint density at radius 3 is 2.67 bits per heavy atom. The Labute approximate surface area is 160 Å². The minimum absolute atomic E-state index is 0.202. The van der Waals surface area contributed by atoms with Crippen LogP contribution in [0.2, 0.25) is 0 Å². The molecule has 0 fully saturated rings. The zero-order chi connectivity index (χ0) is 18.8. The Balaban J connectivity index is 1.67. The maximum atomic E-state index is 12.8. The molecule has 7 heteroatoms. The molecule has 0 radical (unpaired) electrons. The first-order valence-corrected chi connectivity index (χ1v) is 9.33. The van der Waals surface area contributed by atoms with Gasteiger partial charge >= 0.3 is 0 Å². The lowest BCUT2D eigenvalue weighted by atomic mass is 10.2. The van der Waals surface area contributed by atoms with Crippen molar-refractivity contribution in [2.24, 2.45) is 0 Å². The van der Waals surface area contributed by atoms with Crippen LogP contribution in [-0.4, -0.2) is 20.7 Å². The number of benzene rings is 1. The molecule has 3 heterocycles. The van der Waals surface area contributed by atoms with E-state index < -0.39 is 0 Å². The van der Waals surface area contributed by atoms with E-state index in [1.165, 1.54) is 0 Å². The molecule has 0 aliphatic heterocycles. The zero-order valence-corrected chi connectivity index (χ0v) is 15.8. The summed E-state index contributed by atoms with van der Waals surface area (Å²) in [5.74, 6) is 1.14. The average Bonchev–Trinajstić information content (AvgIpc) is 3.40. The Bertz CT molecular complexity index is 1080. The van der Waals surface area contributed by atoms with Crippen LogP contribution in [0.5, 0.6) is 0 Å². The molecule has 27 heavy (non-hydrogen) atoms. The molecule has 6 nitrogen and oxygen atoms in total. The summed E-state index contributed by atoms with van der Waals surface area (Å²) in [6.07, 6.45) is 3.51. The standard InChI is InChI=1S/C20H18N4O2S/c1-13-8-9-18(26-13)19-17(12-24(23-19)15-6-4-3-5-7-15)20(25)22-11-16-10-21-14(2)27-16/h3-10,12H,11H2,1-2H3,(H,22,25). The van der Waals surface area contributed by atoms with Gasteiger partial charge in [-0.1, -0.05) is 18.2 Å². The van der Waals surface area contributed by atoms with Crippen molar-refractivity contribution < 1.29 is 9.21 Å². The minimum atomic E-state index is -0.202. The monoisotopic (exact) mass is 378 g/mol. The molecule has 0 aliphatic carbocycles. The Hall–Kier alpha value is -3.19. The fourth-order valence-corrected chi connectivity index (χ4v) is 3.48. The van der Waals surface area contributed by atoms with E-state index in [9.17, 15) is 4.79 Å². The molecule has 4 rings (SSSR count). The van der Waals surface area contributed by atoms with Gasteiger partial charge in [0.1, 0.15) is 11.5 Å². The maximum Gasteiger partial charge on any atom is 0.255 e. The summed E-state index contributed by atoms with van der Waals surface area (Å²) in [5.41, 5.74) is 1.86. The van der Waals surface area contributed by atoms with Gasteiger partial charge in [0.05, 0.1) is 22.8 Å². The molecule has 0 saturated heterocycles. The zero-order valence-electron chi connectivity index (χ0n) is 15.0. The van der Waals surface area contributed by atoms with Gasteiger partial charge in [-0.2, -0.15) is 5.10 Å². The van der Waals surface area contributed by atoms with E-state index in [0.29, 0.717) is 23.6 Å². The number of aryl methyl sites for hydroxylation is 2. The number of hydrogen-bond donors (Lipinski definition) is 1. The molecule has 0 saturated carbocycles. The van der Waals surface area contributed by atoms with E-state index in [4.69, 9.17) is 4.42 Å². The number of carbonyl (C=O) groups excluding carboxylic acids is 1. The lowest BCUT2D eigenvalue weighted by Gasteiger charge is -2.02. The van der Waals surface area contributed by atoms with Crippen LogP contribution in [-0.2, 0) is 6.54 Å². The van der Waals surface area contributed by atoms with Crippen LogP contribution in [0.1, 0.15) is 26.0 Å². The first-order chi connectivity index (χ1) is 13.1. The van der Waals surface area contributed by atoms with Gasteiger partial charge in [-0.3, -0.25) is 4.79 Å². The first kappa shape index (κ1) is 17.2. The van der Waals surface area contributed by atoms with E-state index in [1.54, 1.807) is 28.4 Å². The molecule has 0 unspecified atom stereocenters. The number of nitrogens with zero attached hydrogens (tertiary/aromatic N) is 3. The van der Waals surface area contributed by atoms with E-state index in [1.807, 2.05) is 56.3 Å². The summed E-state index contributed by atoms with van der Waals surface area (Å²) in [6.45, 7) is 4.23. The summed E-state index contributed by atoms with van der Waals surface area (Å²) in [4.78, 5) is 18.1. The predicted molar refractivity (Wildman–Crippen MR) is 104 cm³/mol. The molecule has 4 aromatic rings. The summed E-state index contributed by atoms with van der Waals surface area (Å²) in [6, 6.07) is 13.4. The number of amides is 1. The van der Waals surface area contributed by atoms with Crippen molar-refractivity contribution >= 4 is 17.2 Å². The summed E-state index contributed by atoms with van der Waals surface area (Å²) >= 11 is 1.57. The highest BCUT2D eigenvalue weighted by Gasteiger charge is 2.21. The van der Waals surface area contributed by atoms with Gasteiger partial charge in [-0.05, 0) is 38.1 Å². The third kappa shape index (κ3) is 3.68. The molecule has 3 aromatic heterocycles. The average molecular weight is 378 g/mol. The molecule has 1 N–H and O–H groups in total. The molecule has 136 valence electrons. The first-order valence-electron chi connectivity index (χ1n) is 8.51. The lowest BCUT2D eigenvalue weighted by Crippen LogP contribution is -2.22. The van der Waals surface area contributed by atoms with Crippen LogP contribution in [0, 0.1) is 13.8 Å². The second-order valence-corrected chi connectivity index (χ2v) is 7.43. The molecule has 1 amide bonds. The molecular weight excluding hydrogens is 360 g/mol. The number of rotatable bonds is 5. The van der Waals surface area contributed by atoms with Gasteiger partial charge in [0, 0.05) is 17.3 Å². The summed E-state index contributed by atoms with van der Waals surface area (Å²) in [5, 5.41) is 8.52. The number of para-hydroxylation sites is 1. The number of furan rings is 1. The summed E-state index contributed by atoms with van der Waals surface area (Å²) in [7, 11) is 0. The Morgan fingerprint density at radius 1 is 1.19 bits per heavy atom. The van der Waals surface area contributed by atoms with Crippen molar-refractivity contribution in [3.05, 3.63) is 76.1 Å². The van der Waals surface area contributed by atoms with E-state index in [0.717, 1.165) is 21.3 Å². The lowest BCUT2D eigenvalue weighted by molar-refractivity contribution is 0.0951. The number of carbonyl (C=O) groups is 1. The molecule has 0 bridgehead atoms. The summed E-state index contributed by atoms with van der Waals surface area (Å²) < 4.78 is 7.41. The van der Waals surface area contributed by atoms with Gasteiger partial charge in [0.15, 0.2) is 5.76 Å². The second-order valence-electron chi connectivity index (χ2n) is 6.11. The maximum absolute atomic E-state index is 12.8. The molecule has 1 aromatic carbocycles. The van der Waals surface area contributed by atoms with Gasteiger partial charge in [0.2, 0.25) is 0 Å². The normalized spacial score (nSPS) is 10.9. The van der Waals surface area contributed by atoms with Crippen molar-refractivity contribution in [1.29, 1.82) is 0 Å². The largest absolute Gasteiger partial charge is 0.460 e. The molecule has 0 aliphatic rings. The minimum Gasteiger partial charge on any atom is -0.460 e. The van der Waals surface area contributed by atoms with Crippen molar-refractivity contribution in [3.63, 3.8) is 0 Å². The SMILES string of the molecule is Cc1ccc(-c2nn(-c3ccccc3)cc2C(=O)NCc2cnc(C)s2)o1. The fourth-order valence-electron chi connectivity index (χ4n) is 2.75. The van der Waals surface area contributed by atoms with Crippen LogP contribution in [0.25, 0.3) is 17.1 Å². The van der Waals surface area contributed by atoms with Crippen LogP contribution < -0.4 is 5.32 Å². The highest BCUT2D eigenvalue weighted by Crippen LogP contribution is 2.26. The van der Waals surface area contributed by atoms with Crippen molar-refractivity contribution in [2.45, 2.75) is 20.4 Å². The van der Waals surface area contributed by atoms with E-state index >= 15 is 0 Å². The Kier molecular flexibility index (Phi) is 4.60. The third-order valence-electron chi connectivity index (χ3n) is 4.05. The molecular formula is C20H18N4O2S. The van der Waals surface area contributed by atoms with Crippen molar-refractivity contribution in [2.75, 3.05) is 0 Å². The van der Waals surface area contributed by atoms with Crippen LogP contribution >= 0.6 is 11.3 Å². The van der Waals surface area contributed by atoms with Gasteiger partial charge in [-0.25, -0.2) is 9.67 Å². The second kappa shape index (κ2) is 7.20. The van der Waals surface area contributed by atoms with Gasteiger partial charge in [-0.15, -0.1) is 11.3 Å². The number of hydrogen-bond acceptors (Lipinski definition) is 5. The van der Waals surface area contributed by atoms with Crippen LogP contribution in [0.15, 0.2) is 59.3 Å². The van der Waals surface area contributed by atoms with Gasteiger partial charge < -0.3 is 9.73 Å². The van der Waals surface area contributed by atoms with Gasteiger partial charge in [0.25, 0.3) is 5.91 Å². The third-order valence-corrected chi connectivity index (χ3v) is 4.96. The highest BCUT2D eigenvalue weighted by molar-refractivity contribution is 7.11. The van der Waals surface area contributed by atoms with Crippen LogP contribution in [0.4, 0.5) is 0 Å². The predicted octanol–water partition coefficient (Wildman–Crippen LogP) is 4.14.